The summed E-state index contributed by atoms with van der Waals surface area (Å²) in [6.07, 6.45) is 6.43. The van der Waals surface area contributed by atoms with Crippen LogP contribution in [0.5, 0.6) is 0 Å². The summed E-state index contributed by atoms with van der Waals surface area (Å²) in [4.78, 5) is 28.0. The molecule has 6 nitrogen and oxygen atoms in total. The number of fused-ring (bicyclic) bond motifs is 1. The summed E-state index contributed by atoms with van der Waals surface area (Å²) in [5, 5.41) is 4.11. The van der Waals surface area contributed by atoms with Gasteiger partial charge in [0.25, 0.3) is 5.56 Å². The Bertz CT molecular complexity index is 1060. The van der Waals surface area contributed by atoms with Gasteiger partial charge in [0.1, 0.15) is 10.2 Å². The van der Waals surface area contributed by atoms with Crippen molar-refractivity contribution in [1.29, 1.82) is 0 Å². The van der Waals surface area contributed by atoms with E-state index in [0.717, 1.165) is 17.9 Å². The molecule has 3 aromatic rings. The third-order valence-corrected chi connectivity index (χ3v) is 5.87. The molecule has 1 fully saturated rings. The molecule has 0 spiro atoms. The Labute approximate surface area is 171 Å². The number of ether oxygens (including phenoxy) is 1. The summed E-state index contributed by atoms with van der Waals surface area (Å²) in [5.41, 5.74) is 3.08. The van der Waals surface area contributed by atoms with Gasteiger partial charge in [0, 0.05) is 6.07 Å². The molecule has 0 bridgehead atoms. The lowest BCUT2D eigenvalue weighted by molar-refractivity contribution is 0.0527. The number of aromatic amines is 1. The van der Waals surface area contributed by atoms with Crippen LogP contribution in [0.2, 0.25) is 0 Å². The number of carbonyl (C=O) groups is 1. The number of benzene rings is 1. The SMILES string of the molecule is CCOC(=O)c1c(Br)nn2c(=O)cc(-c3ccc(CC4CCCC4)cc3)[nH]c12. The van der Waals surface area contributed by atoms with Crippen LogP contribution in [0, 0.1) is 5.92 Å². The Hall–Kier alpha value is -2.41. The maximum atomic E-state index is 12.5. The Kier molecular flexibility index (Phi) is 5.35. The Morgan fingerprint density at radius 1 is 1.29 bits per heavy atom. The molecular weight excluding hydrogens is 422 g/mol. The van der Waals surface area contributed by atoms with Gasteiger partial charge < -0.3 is 9.72 Å². The van der Waals surface area contributed by atoms with Gasteiger partial charge in [0.05, 0.1) is 12.3 Å². The van der Waals surface area contributed by atoms with Crippen molar-refractivity contribution in [2.24, 2.45) is 5.92 Å². The van der Waals surface area contributed by atoms with E-state index in [2.05, 4.69) is 38.1 Å². The van der Waals surface area contributed by atoms with Gasteiger partial charge in [-0.3, -0.25) is 4.79 Å². The van der Waals surface area contributed by atoms with Gasteiger partial charge in [-0.25, -0.2) is 4.79 Å². The van der Waals surface area contributed by atoms with Crippen molar-refractivity contribution in [3.63, 3.8) is 0 Å². The highest BCUT2D eigenvalue weighted by molar-refractivity contribution is 9.10. The molecule has 1 aliphatic rings. The zero-order valence-corrected chi connectivity index (χ0v) is 17.3. The summed E-state index contributed by atoms with van der Waals surface area (Å²) < 4.78 is 6.55. The molecule has 0 radical (unpaired) electrons. The fourth-order valence-corrected chi connectivity index (χ4v) is 4.43. The summed E-state index contributed by atoms with van der Waals surface area (Å²) in [7, 11) is 0. The number of rotatable bonds is 5. The predicted molar refractivity (Wildman–Crippen MR) is 111 cm³/mol. The van der Waals surface area contributed by atoms with Crippen molar-refractivity contribution in [2.75, 3.05) is 6.61 Å². The second-order valence-corrected chi connectivity index (χ2v) is 7.97. The molecule has 2 aromatic heterocycles. The summed E-state index contributed by atoms with van der Waals surface area (Å²) in [5.74, 6) is 0.266. The average molecular weight is 444 g/mol. The first kappa shape index (κ1) is 18.9. The number of H-pyrrole nitrogens is 1. The molecule has 0 atom stereocenters. The van der Waals surface area contributed by atoms with Gasteiger partial charge in [0.15, 0.2) is 5.65 Å². The number of nitrogens with one attached hydrogen (secondary N) is 1. The third-order valence-electron chi connectivity index (χ3n) is 5.32. The first-order valence-corrected chi connectivity index (χ1v) is 10.4. The first-order valence-electron chi connectivity index (χ1n) is 9.64. The zero-order chi connectivity index (χ0) is 19.7. The number of aromatic nitrogens is 3. The highest BCUT2D eigenvalue weighted by atomic mass is 79.9. The second kappa shape index (κ2) is 7.91. The highest BCUT2D eigenvalue weighted by Crippen LogP contribution is 2.29. The number of carbonyl (C=O) groups excluding carboxylic acids is 1. The molecule has 28 heavy (non-hydrogen) atoms. The number of nitrogens with zero attached hydrogens (tertiary/aromatic N) is 2. The van der Waals surface area contributed by atoms with Crippen LogP contribution < -0.4 is 5.56 Å². The standard InChI is InChI=1S/C21H22BrN3O3/c1-2-28-21(27)18-19(22)24-25-17(26)12-16(23-20(18)25)15-9-7-14(8-10-15)11-13-5-3-4-6-13/h7-10,12-13,23H,2-6,11H2,1H3. The first-order chi connectivity index (χ1) is 13.6. The lowest BCUT2D eigenvalue weighted by Gasteiger charge is -2.10. The fourth-order valence-electron chi connectivity index (χ4n) is 3.92. The molecular formula is C21H22BrN3O3. The Balaban J connectivity index is 1.69. The number of hydrogen-bond acceptors (Lipinski definition) is 4. The number of esters is 1. The molecule has 0 saturated heterocycles. The van der Waals surface area contributed by atoms with Crippen LogP contribution in [0.1, 0.15) is 48.5 Å². The lowest BCUT2D eigenvalue weighted by Crippen LogP contribution is -2.15. The molecule has 1 saturated carbocycles. The van der Waals surface area contributed by atoms with E-state index in [9.17, 15) is 9.59 Å². The quantitative estimate of drug-likeness (QED) is 0.594. The van der Waals surface area contributed by atoms with Crippen LogP contribution in [0.4, 0.5) is 0 Å². The van der Waals surface area contributed by atoms with Crippen molar-refractivity contribution in [3.05, 3.63) is 56.4 Å². The molecule has 7 heteroatoms. The van der Waals surface area contributed by atoms with Crippen molar-refractivity contribution in [1.82, 2.24) is 14.6 Å². The number of hydrogen-bond donors (Lipinski definition) is 1. The Morgan fingerprint density at radius 2 is 2.00 bits per heavy atom. The molecule has 4 rings (SSSR count). The molecule has 0 amide bonds. The second-order valence-electron chi connectivity index (χ2n) is 7.22. The molecule has 1 aliphatic carbocycles. The molecule has 1 N–H and O–H groups in total. The van der Waals surface area contributed by atoms with Crippen LogP contribution in [0.25, 0.3) is 16.9 Å². The predicted octanol–water partition coefficient (Wildman–Crippen LogP) is 4.36. The summed E-state index contributed by atoms with van der Waals surface area (Å²) in [6, 6.07) is 9.76. The third kappa shape index (κ3) is 3.63. The topological polar surface area (TPSA) is 76.5 Å². The van der Waals surface area contributed by atoms with Crippen LogP contribution in [-0.4, -0.2) is 27.2 Å². The largest absolute Gasteiger partial charge is 0.462 e. The van der Waals surface area contributed by atoms with Crippen molar-refractivity contribution in [3.8, 4) is 11.3 Å². The monoisotopic (exact) mass is 443 g/mol. The molecule has 0 aliphatic heterocycles. The van der Waals surface area contributed by atoms with Crippen LogP contribution in [0.15, 0.2) is 39.7 Å². The Morgan fingerprint density at radius 3 is 2.68 bits per heavy atom. The van der Waals surface area contributed by atoms with Crippen molar-refractivity contribution in [2.45, 2.75) is 39.0 Å². The zero-order valence-electron chi connectivity index (χ0n) is 15.7. The van der Waals surface area contributed by atoms with Gasteiger partial charge in [-0.1, -0.05) is 49.9 Å². The minimum Gasteiger partial charge on any atom is -0.462 e. The van der Waals surface area contributed by atoms with E-state index in [-0.39, 0.29) is 22.3 Å². The van der Waals surface area contributed by atoms with Gasteiger partial charge >= 0.3 is 5.97 Å². The van der Waals surface area contributed by atoms with E-state index in [0.29, 0.717) is 11.3 Å². The minimum atomic E-state index is -0.524. The smallest absolute Gasteiger partial charge is 0.344 e. The van der Waals surface area contributed by atoms with E-state index in [1.165, 1.54) is 41.8 Å². The minimum absolute atomic E-state index is 0.221. The molecule has 1 aromatic carbocycles. The van der Waals surface area contributed by atoms with Gasteiger partial charge in [-0.05, 0) is 46.3 Å². The van der Waals surface area contributed by atoms with Crippen molar-refractivity contribution < 1.29 is 9.53 Å². The van der Waals surface area contributed by atoms with Gasteiger partial charge in [-0.2, -0.15) is 9.61 Å². The normalized spacial score (nSPS) is 14.6. The molecule has 2 heterocycles. The number of halogens is 1. The van der Waals surface area contributed by atoms with E-state index >= 15 is 0 Å². The lowest BCUT2D eigenvalue weighted by atomic mass is 9.97. The highest BCUT2D eigenvalue weighted by Gasteiger charge is 2.22. The van der Waals surface area contributed by atoms with Crippen LogP contribution in [-0.2, 0) is 11.2 Å². The van der Waals surface area contributed by atoms with E-state index < -0.39 is 5.97 Å². The maximum Gasteiger partial charge on any atom is 0.344 e. The van der Waals surface area contributed by atoms with Gasteiger partial charge in [0.2, 0.25) is 0 Å². The van der Waals surface area contributed by atoms with Gasteiger partial charge in [-0.15, -0.1) is 0 Å². The van der Waals surface area contributed by atoms with Crippen molar-refractivity contribution >= 4 is 27.5 Å². The van der Waals surface area contributed by atoms with E-state index in [1.807, 2.05) is 12.1 Å². The fraction of sp³-hybridized carbons (Fsp3) is 0.381. The summed E-state index contributed by atoms with van der Waals surface area (Å²) >= 11 is 3.25. The van der Waals surface area contributed by atoms with E-state index in [1.54, 1.807) is 6.92 Å². The maximum absolute atomic E-state index is 12.5. The van der Waals surface area contributed by atoms with Crippen LogP contribution >= 0.6 is 15.9 Å². The average Bonchev–Trinajstić information content (AvgIpc) is 3.30. The molecule has 146 valence electrons. The summed E-state index contributed by atoms with van der Waals surface area (Å²) in [6.45, 7) is 1.98. The molecule has 0 unspecified atom stereocenters. The van der Waals surface area contributed by atoms with E-state index in [4.69, 9.17) is 4.74 Å². The van der Waals surface area contributed by atoms with Crippen LogP contribution in [0.3, 0.4) is 0 Å².